The first-order valence-corrected chi connectivity index (χ1v) is 8.33. The first-order chi connectivity index (χ1) is 12.3. The molecule has 2 nitrogen and oxygen atoms in total. The van der Waals surface area contributed by atoms with E-state index in [1.807, 2.05) is 30.3 Å². The van der Waals surface area contributed by atoms with Crippen molar-refractivity contribution in [2.45, 2.75) is 0 Å². The number of fused-ring (bicyclic) bond motifs is 1. The van der Waals surface area contributed by atoms with E-state index in [1.54, 1.807) is 7.11 Å². The highest BCUT2D eigenvalue weighted by Crippen LogP contribution is 2.35. The van der Waals surface area contributed by atoms with Gasteiger partial charge in [0.25, 0.3) is 0 Å². The van der Waals surface area contributed by atoms with E-state index in [0.717, 1.165) is 28.3 Å². The van der Waals surface area contributed by atoms with E-state index in [1.165, 1.54) is 10.8 Å². The molecule has 0 aromatic heterocycles. The molecule has 0 aliphatic rings. The van der Waals surface area contributed by atoms with Crippen LogP contribution in [-0.2, 0) is 0 Å². The molecule has 0 aliphatic heterocycles. The maximum Gasteiger partial charge on any atom is 0.126 e. The zero-order valence-electron chi connectivity index (χ0n) is 14.1. The van der Waals surface area contributed by atoms with E-state index < -0.39 is 0 Å². The fourth-order valence-electron chi connectivity index (χ4n) is 3.06. The lowest BCUT2D eigenvalue weighted by Crippen LogP contribution is -1.93. The van der Waals surface area contributed by atoms with Crippen molar-refractivity contribution in [3.8, 4) is 16.9 Å². The molecule has 2 heteroatoms. The summed E-state index contributed by atoms with van der Waals surface area (Å²) in [5.74, 6) is 0.869. The molecule has 0 bridgehead atoms. The Hall–Kier alpha value is -3.26. The Kier molecular flexibility index (Phi) is 4.09. The van der Waals surface area contributed by atoms with Crippen LogP contribution in [0.15, 0.2) is 91.0 Å². The van der Waals surface area contributed by atoms with Gasteiger partial charge < -0.3 is 10.1 Å². The summed E-state index contributed by atoms with van der Waals surface area (Å²) in [4.78, 5) is 0. The van der Waals surface area contributed by atoms with E-state index in [0.29, 0.717) is 0 Å². The van der Waals surface area contributed by atoms with Crippen molar-refractivity contribution in [3.05, 3.63) is 91.0 Å². The number of para-hydroxylation sites is 1. The summed E-state index contributed by atoms with van der Waals surface area (Å²) in [5, 5.41) is 5.91. The highest BCUT2D eigenvalue weighted by Gasteiger charge is 2.08. The summed E-state index contributed by atoms with van der Waals surface area (Å²) in [6.45, 7) is 0. The molecule has 0 spiro atoms. The van der Waals surface area contributed by atoms with Gasteiger partial charge in [0.05, 0.1) is 7.11 Å². The van der Waals surface area contributed by atoms with Gasteiger partial charge in [0.1, 0.15) is 5.75 Å². The maximum atomic E-state index is 5.59. The molecule has 0 heterocycles. The van der Waals surface area contributed by atoms with Crippen LogP contribution < -0.4 is 10.1 Å². The average Bonchev–Trinajstić information content (AvgIpc) is 2.68. The van der Waals surface area contributed by atoms with Crippen LogP contribution in [0.2, 0.25) is 0 Å². The molecule has 122 valence electrons. The molecule has 0 saturated heterocycles. The molecule has 0 radical (unpaired) electrons. The van der Waals surface area contributed by atoms with Crippen LogP contribution in [0.4, 0.5) is 11.4 Å². The summed E-state index contributed by atoms with van der Waals surface area (Å²) < 4.78 is 5.59. The van der Waals surface area contributed by atoms with E-state index in [2.05, 4.69) is 66.0 Å². The zero-order valence-corrected chi connectivity index (χ0v) is 14.1. The minimum atomic E-state index is 0.869. The van der Waals surface area contributed by atoms with Crippen LogP contribution in [0.1, 0.15) is 0 Å². The van der Waals surface area contributed by atoms with Crippen molar-refractivity contribution in [2.24, 2.45) is 0 Å². The van der Waals surface area contributed by atoms with Gasteiger partial charge in [-0.15, -0.1) is 0 Å². The predicted molar refractivity (Wildman–Crippen MR) is 106 cm³/mol. The third-order valence-electron chi connectivity index (χ3n) is 4.32. The normalized spacial score (nSPS) is 10.6. The molecule has 0 atom stereocenters. The molecule has 0 fully saturated rings. The summed E-state index contributed by atoms with van der Waals surface area (Å²) in [5.41, 5.74) is 4.33. The van der Waals surface area contributed by atoms with Gasteiger partial charge in [-0.2, -0.15) is 0 Å². The van der Waals surface area contributed by atoms with E-state index in [4.69, 9.17) is 4.74 Å². The highest BCUT2D eigenvalue weighted by molar-refractivity contribution is 5.89. The third-order valence-corrected chi connectivity index (χ3v) is 4.32. The molecular formula is C23H19NO. The van der Waals surface area contributed by atoms with Crippen LogP contribution in [0, 0.1) is 0 Å². The van der Waals surface area contributed by atoms with Gasteiger partial charge in [-0.1, -0.05) is 54.6 Å². The lowest BCUT2D eigenvalue weighted by molar-refractivity contribution is 0.416. The first kappa shape index (κ1) is 15.3. The Labute approximate surface area is 147 Å². The Morgan fingerprint density at radius 1 is 0.640 bits per heavy atom. The maximum absolute atomic E-state index is 5.59. The van der Waals surface area contributed by atoms with Gasteiger partial charge in [-0.05, 0) is 52.7 Å². The number of methoxy groups -OCH3 is 1. The summed E-state index contributed by atoms with van der Waals surface area (Å²) >= 11 is 0. The molecule has 25 heavy (non-hydrogen) atoms. The monoisotopic (exact) mass is 325 g/mol. The number of ether oxygens (including phenoxy) is 1. The molecule has 0 amide bonds. The molecular weight excluding hydrogens is 306 g/mol. The summed E-state index contributed by atoms with van der Waals surface area (Å²) in [6, 6.07) is 31.3. The number of nitrogens with one attached hydrogen (secondary N) is 1. The SMILES string of the molecule is COc1ccc(Nc2ccccc2)cc1-c1ccc2ccccc2c1. The van der Waals surface area contributed by atoms with Crippen molar-refractivity contribution in [1.29, 1.82) is 0 Å². The number of hydrogen-bond donors (Lipinski definition) is 1. The largest absolute Gasteiger partial charge is 0.496 e. The number of hydrogen-bond acceptors (Lipinski definition) is 2. The smallest absolute Gasteiger partial charge is 0.126 e. The van der Waals surface area contributed by atoms with E-state index >= 15 is 0 Å². The first-order valence-electron chi connectivity index (χ1n) is 8.33. The van der Waals surface area contributed by atoms with Crippen molar-refractivity contribution in [2.75, 3.05) is 12.4 Å². The standard InChI is InChI=1S/C23H19NO/c1-25-23-14-13-21(24-20-9-3-2-4-10-20)16-22(23)19-12-11-17-7-5-6-8-18(17)15-19/h2-16,24H,1H3. The Morgan fingerprint density at radius 2 is 1.40 bits per heavy atom. The Morgan fingerprint density at radius 3 is 2.20 bits per heavy atom. The van der Waals surface area contributed by atoms with Crippen LogP contribution >= 0.6 is 0 Å². The highest BCUT2D eigenvalue weighted by atomic mass is 16.5. The number of rotatable bonds is 4. The topological polar surface area (TPSA) is 21.3 Å². The lowest BCUT2D eigenvalue weighted by atomic mass is 10.00. The van der Waals surface area contributed by atoms with Gasteiger partial charge in [-0.25, -0.2) is 0 Å². The van der Waals surface area contributed by atoms with Crippen molar-refractivity contribution in [1.82, 2.24) is 0 Å². The van der Waals surface area contributed by atoms with Gasteiger partial charge in [0.15, 0.2) is 0 Å². The second-order valence-electron chi connectivity index (χ2n) is 5.97. The molecule has 4 aromatic carbocycles. The van der Waals surface area contributed by atoms with Gasteiger partial charge in [0, 0.05) is 16.9 Å². The van der Waals surface area contributed by atoms with E-state index in [9.17, 15) is 0 Å². The number of anilines is 2. The molecule has 0 unspecified atom stereocenters. The second-order valence-corrected chi connectivity index (χ2v) is 5.97. The minimum Gasteiger partial charge on any atom is -0.496 e. The fraction of sp³-hybridized carbons (Fsp3) is 0.0435. The lowest BCUT2D eigenvalue weighted by Gasteiger charge is -2.13. The van der Waals surface area contributed by atoms with Crippen LogP contribution in [0.25, 0.3) is 21.9 Å². The molecule has 1 N–H and O–H groups in total. The summed E-state index contributed by atoms with van der Waals surface area (Å²) in [6.07, 6.45) is 0. The van der Waals surface area contributed by atoms with Gasteiger partial charge in [0.2, 0.25) is 0 Å². The summed E-state index contributed by atoms with van der Waals surface area (Å²) in [7, 11) is 1.71. The minimum absolute atomic E-state index is 0.869. The second kappa shape index (κ2) is 6.70. The van der Waals surface area contributed by atoms with E-state index in [-0.39, 0.29) is 0 Å². The Bertz CT molecular complexity index is 1010. The third kappa shape index (κ3) is 3.20. The zero-order chi connectivity index (χ0) is 17.1. The van der Waals surface area contributed by atoms with Gasteiger partial charge in [-0.3, -0.25) is 0 Å². The van der Waals surface area contributed by atoms with Gasteiger partial charge >= 0.3 is 0 Å². The predicted octanol–water partition coefficient (Wildman–Crippen LogP) is 6.26. The fourth-order valence-corrected chi connectivity index (χ4v) is 3.06. The molecule has 0 saturated carbocycles. The van der Waals surface area contributed by atoms with Crippen molar-refractivity contribution < 1.29 is 4.74 Å². The van der Waals surface area contributed by atoms with Crippen molar-refractivity contribution in [3.63, 3.8) is 0 Å². The Balaban J connectivity index is 1.77. The molecule has 0 aliphatic carbocycles. The van der Waals surface area contributed by atoms with Crippen molar-refractivity contribution >= 4 is 22.1 Å². The molecule has 4 rings (SSSR count). The average molecular weight is 325 g/mol. The van der Waals surface area contributed by atoms with Crippen LogP contribution in [-0.4, -0.2) is 7.11 Å². The quantitative estimate of drug-likeness (QED) is 0.478. The number of benzene rings is 4. The van der Waals surface area contributed by atoms with Crippen LogP contribution in [0.3, 0.4) is 0 Å². The molecule has 4 aromatic rings. The van der Waals surface area contributed by atoms with Crippen LogP contribution in [0.5, 0.6) is 5.75 Å².